The predicted molar refractivity (Wildman–Crippen MR) is 102 cm³/mol. The molecule has 6 nitrogen and oxygen atoms in total. The normalized spacial score (nSPS) is 19.1. The minimum Gasteiger partial charge on any atom is -0.381 e. The maximum atomic E-state index is 13.4. The average molecular weight is 368 g/mol. The van der Waals surface area contributed by atoms with Gasteiger partial charge in [0.1, 0.15) is 5.82 Å². The standard InChI is InChI=1S/C21H28N4O2/c1-16-7-4-5-8-17(16)21(10-13-27-14-11-21)20(26)22-15-19-24-23-18-9-3-2-6-12-25(18)19/h4-5,7-8H,2-3,6,9-15H2,1H3,(H,22,26). The highest BCUT2D eigenvalue weighted by molar-refractivity contribution is 5.88. The molecular formula is C21H28N4O2. The number of amides is 1. The first-order valence-electron chi connectivity index (χ1n) is 10.0. The van der Waals surface area contributed by atoms with Crippen LogP contribution in [0.5, 0.6) is 0 Å². The van der Waals surface area contributed by atoms with E-state index in [1.54, 1.807) is 0 Å². The number of carbonyl (C=O) groups excluding carboxylic acids is 1. The first kappa shape index (κ1) is 18.2. The summed E-state index contributed by atoms with van der Waals surface area (Å²) in [6, 6.07) is 8.21. The predicted octanol–water partition coefficient (Wildman–Crippen LogP) is 2.68. The van der Waals surface area contributed by atoms with E-state index >= 15 is 0 Å². The van der Waals surface area contributed by atoms with Crippen LogP contribution >= 0.6 is 0 Å². The topological polar surface area (TPSA) is 69.0 Å². The number of aromatic nitrogens is 3. The minimum absolute atomic E-state index is 0.0751. The average Bonchev–Trinajstić information content (AvgIpc) is 2.93. The van der Waals surface area contributed by atoms with Gasteiger partial charge < -0.3 is 14.6 Å². The summed E-state index contributed by atoms with van der Waals surface area (Å²) in [5, 5.41) is 11.9. The quantitative estimate of drug-likeness (QED) is 0.901. The third-order valence-corrected chi connectivity index (χ3v) is 6.03. The van der Waals surface area contributed by atoms with Crippen molar-refractivity contribution in [2.24, 2.45) is 0 Å². The Hall–Kier alpha value is -2.21. The Bertz CT molecular complexity index is 808. The summed E-state index contributed by atoms with van der Waals surface area (Å²) in [4.78, 5) is 13.4. The highest BCUT2D eigenvalue weighted by Gasteiger charge is 2.42. The number of hydrogen-bond acceptors (Lipinski definition) is 4. The summed E-state index contributed by atoms with van der Waals surface area (Å²) >= 11 is 0. The first-order valence-corrected chi connectivity index (χ1v) is 10.0. The zero-order valence-corrected chi connectivity index (χ0v) is 16.0. The molecule has 2 aliphatic rings. The molecule has 0 unspecified atom stereocenters. The van der Waals surface area contributed by atoms with Crippen molar-refractivity contribution in [1.29, 1.82) is 0 Å². The van der Waals surface area contributed by atoms with Gasteiger partial charge in [-0.2, -0.15) is 0 Å². The molecule has 2 aromatic rings. The van der Waals surface area contributed by atoms with Crippen molar-refractivity contribution < 1.29 is 9.53 Å². The van der Waals surface area contributed by atoms with E-state index in [-0.39, 0.29) is 5.91 Å². The second kappa shape index (κ2) is 7.80. The van der Waals surface area contributed by atoms with E-state index in [4.69, 9.17) is 4.74 Å². The van der Waals surface area contributed by atoms with E-state index in [0.29, 0.717) is 32.6 Å². The fourth-order valence-electron chi connectivity index (χ4n) is 4.45. The van der Waals surface area contributed by atoms with E-state index < -0.39 is 5.41 Å². The van der Waals surface area contributed by atoms with E-state index in [1.807, 2.05) is 12.1 Å². The molecule has 0 saturated carbocycles. The summed E-state index contributed by atoms with van der Waals surface area (Å²) < 4.78 is 7.76. The van der Waals surface area contributed by atoms with Crippen molar-refractivity contribution in [3.8, 4) is 0 Å². The number of nitrogens with zero attached hydrogens (tertiary/aromatic N) is 3. The number of carbonyl (C=O) groups is 1. The number of rotatable bonds is 4. The van der Waals surface area contributed by atoms with Crippen LogP contribution in [0.1, 0.15) is 54.9 Å². The van der Waals surface area contributed by atoms with Crippen LogP contribution in [0.3, 0.4) is 0 Å². The SMILES string of the molecule is Cc1ccccc1C1(C(=O)NCc2nnc3n2CCCCC3)CCOCC1. The maximum Gasteiger partial charge on any atom is 0.231 e. The van der Waals surface area contributed by atoms with Crippen LogP contribution in [0.25, 0.3) is 0 Å². The molecule has 6 heteroatoms. The highest BCUT2D eigenvalue weighted by atomic mass is 16.5. The number of nitrogens with one attached hydrogen (secondary N) is 1. The molecule has 27 heavy (non-hydrogen) atoms. The summed E-state index contributed by atoms with van der Waals surface area (Å²) in [6.45, 7) is 4.69. The van der Waals surface area contributed by atoms with Crippen molar-refractivity contribution >= 4 is 5.91 Å². The Kier molecular flexibility index (Phi) is 5.25. The molecule has 1 aromatic carbocycles. The second-order valence-corrected chi connectivity index (χ2v) is 7.69. The van der Waals surface area contributed by atoms with Crippen molar-refractivity contribution in [2.45, 2.75) is 64.0 Å². The molecule has 0 radical (unpaired) electrons. The Morgan fingerprint density at radius 1 is 1.19 bits per heavy atom. The van der Waals surface area contributed by atoms with E-state index in [1.165, 1.54) is 12.8 Å². The first-order chi connectivity index (χ1) is 13.2. The van der Waals surface area contributed by atoms with Gasteiger partial charge >= 0.3 is 0 Å². The lowest BCUT2D eigenvalue weighted by Crippen LogP contribution is -2.48. The molecule has 1 N–H and O–H groups in total. The maximum absolute atomic E-state index is 13.4. The zero-order chi connectivity index (χ0) is 18.7. The molecule has 3 heterocycles. The van der Waals surface area contributed by atoms with Crippen LogP contribution in [0, 0.1) is 6.92 Å². The van der Waals surface area contributed by atoms with Crippen LogP contribution in [0.4, 0.5) is 0 Å². The molecule has 0 bridgehead atoms. The molecule has 144 valence electrons. The van der Waals surface area contributed by atoms with Crippen molar-refractivity contribution in [3.05, 3.63) is 47.0 Å². The second-order valence-electron chi connectivity index (χ2n) is 7.69. The summed E-state index contributed by atoms with van der Waals surface area (Å²) in [6.07, 6.45) is 5.94. The number of aryl methyl sites for hydroxylation is 2. The van der Waals surface area contributed by atoms with Gasteiger partial charge in [-0.25, -0.2) is 0 Å². The molecule has 4 rings (SSSR count). The van der Waals surface area contributed by atoms with Crippen molar-refractivity contribution in [3.63, 3.8) is 0 Å². The van der Waals surface area contributed by atoms with Crippen LogP contribution in [0.15, 0.2) is 24.3 Å². The van der Waals surface area contributed by atoms with Gasteiger partial charge in [0.2, 0.25) is 5.91 Å². The van der Waals surface area contributed by atoms with E-state index in [9.17, 15) is 4.79 Å². The fraction of sp³-hybridized carbons (Fsp3) is 0.571. The molecule has 0 spiro atoms. The summed E-state index contributed by atoms with van der Waals surface area (Å²) in [5.41, 5.74) is 1.75. The van der Waals surface area contributed by atoms with Gasteiger partial charge in [0, 0.05) is 26.2 Å². The lowest BCUT2D eigenvalue weighted by atomic mass is 9.72. The molecular weight excluding hydrogens is 340 g/mol. The molecule has 1 amide bonds. The van der Waals surface area contributed by atoms with Gasteiger partial charge in [0.05, 0.1) is 12.0 Å². The minimum atomic E-state index is -0.523. The fourth-order valence-corrected chi connectivity index (χ4v) is 4.45. The third kappa shape index (κ3) is 3.50. The Morgan fingerprint density at radius 2 is 2.00 bits per heavy atom. The Labute approximate surface area is 160 Å². The summed E-state index contributed by atoms with van der Waals surface area (Å²) in [7, 11) is 0. The van der Waals surface area contributed by atoms with E-state index in [0.717, 1.165) is 42.2 Å². The number of benzene rings is 1. The number of hydrogen-bond donors (Lipinski definition) is 1. The van der Waals surface area contributed by atoms with Gasteiger partial charge in [-0.05, 0) is 43.7 Å². The number of fused-ring (bicyclic) bond motifs is 1. The highest BCUT2D eigenvalue weighted by Crippen LogP contribution is 2.37. The van der Waals surface area contributed by atoms with Gasteiger partial charge in [-0.15, -0.1) is 10.2 Å². The van der Waals surface area contributed by atoms with Crippen LogP contribution in [0.2, 0.25) is 0 Å². The van der Waals surface area contributed by atoms with Crippen LogP contribution in [-0.4, -0.2) is 33.9 Å². The Balaban J connectivity index is 1.55. The largest absolute Gasteiger partial charge is 0.381 e. The molecule has 0 atom stereocenters. The Morgan fingerprint density at radius 3 is 2.81 bits per heavy atom. The number of ether oxygens (including phenoxy) is 1. The smallest absolute Gasteiger partial charge is 0.231 e. The molecule has 1 saturated heterocycles. The molecule has 1 fully saturated rings. The lowest BCUT2D eigenvalue weighted by Gasteiger charge is -2.37. The lowest BCUT2D eigenvalue weighted by molar-refractivity contribution is -0.130. The molecule has 0 aliphatic carbocycles. The molecule has 1 aromatic heterocycles. The van der Waals surface area contributed by atoms with Gasteiger partial charge in [-0.3, -0.25) is 4.79 Å². The van der Waals surface area contributed by atoms with Gasteiger partial charge in [0.15, 0.2) is 5.82 Å². The van der Waals surface area contributed by atoms with Gasteiger partial charge in [-0.1, -0.05) is 30.7 Å². The van der Waals surface area contributed by atoms with Crippen LogP contribution in [-0.2, 0) is 34.5 Å². The van der Waals surface area contributed by atoms with Crippen molar-refractivity contribution in [2.75, 3.05) is 13.2 Å². The summed E-state index contributed by atoms with van der Waals surface area (Å²) in [5.74, 6) is 2.00. The zero-order valence-electron chi connectivity index (χ0n) is 16.0. The van der Waals surface area contributed by atoms with Crippen molar-refractivity contribution in [1.82, 2.24) is 20.1 Å². The third-order valence-electron chi connectivity index (χ3n) is 6.03. The molecule has 2 aliphatic heterocycles. The monoisotopic (exact) mass is 368 g/mol. The van der Waals surface area contributed by atoms with Crippen LogP contribution < -0.4 is 5.32 Å². The van der Waals surface area contributed by atoms with Gasteiger partial charge in [0.25, 0.3) is 0 Å². The van der Waals surface area contributed by atoms with E-state index in [2.05, 4.69) is 39.1 Å².